The molecular weight excluding hydrogens is 288 g/mol. The van der Waals surface area contributed by atoms with Crippen molar-refractivity contribution in [2.75, 3.05) is 19.1 Å². The van der Waals surface area contributed by atoms with Gasteiger partial charge in [-0.3, -0.25) is 15.6 Å². The summed E-state index contributed by atoms with van der Waals surface area (Å²) in [6.07, 6.45) is 0.839. The summed E-state index contributed by atoms with van der Waals surface area (Å²) >= 11 is 4.93. The second-order valence-electron chi connectivity index (χ2n) is 3.81. The van der Waals surface area contributed by atoms with Crippen LogP contribution >= 0.6 is 12.2 Å². The van der Waals surface area contributed by atoms with Crippen LogP contribution in [0.15, 0.2) is 18.2 Å². The zero-order chi connectivity index (χ0) is 15.0. The Balaban J connectivity index is 2.24. The number of anilines is 1. The van der Waals surface area contributed by atoms with E-state index in [1.807, 2.05) is 0 Å². The van der Waals surface area contributed by atoms with Crippen molar-refractivity contribution in [3.05, 3.63) is 29.8 Å². The quantitative estimate of drug-likeness (QED) is 0.322. The molecule has 1 aromatic carbocycles. The lowest BCUT2D eigenvalue weighted by Gasteiger charge is -2.12. The molecule has 3 N–H and O–H groups in total. The first kappa shape index (κ1) is 16.1. The molecule has 0 aliphatic rings. The maximum atomic E-state index is 13.3. The number of esters is 1. The van der Waals surface area contributed by atoms with E-state index < -0.39 is 11.6 Å². The van der Waals surface area contributed by atoms with Crippen LogP contribution in [0.3, 0.4) is 0 Å². The maximum Gasteiger partial charge on any atom is 0.305 e. The average Bonchev–Trinajstić information content (AvgIpc) is 2.42. The Morgan fingerprint density at radius 2 is 2.15 bits per heavy atom. The van der Waals surface area contributed by atoms with E-state index in [-0.39, 0.29) is 23.2 Å². The van der Waals surface area contributed by atoms with Crippen LogP contribution in [0.2, 0.25) is 0 Å². The van der Waals surface area contributed by atoms with Crippen molar-refractivity contribution in [3.8, 4) is 0 Å². The minimum absolute atomic E-state index is 0.0742. The van der Waals surface area contributed by atoms with Crippen LogP contribution in [0.25, 0.3) is 0 Å². The van der Waals surface area contributed by atoms with Crippen LogP contribution in [0, 0.1) is 11.6 Å². The molecule has 0 atom stereocenters. The van der Waals surface area contributed by atoms with Gasteiger partial charge in [0.25, 0.3) is 0 Å². The van der Waals surface area contributed by atoms with Gasteiger partial charge in [-0.2, -0.15) is 0 Å². The fourth-order valence-corrected chi connectivity index (χ4v) is 1.45. The Morgan fingerprint density at radius 3 is 2.80 bits per heavy atom. The van der Waals surface area contributed by atoms with Crippen LogP contribution in [-0.2, 0) is 9.53 Å². The van der Waals surface area contributed by atoms with Crippen LogP contribution < -0.4 is 16.2 Å². The van der Waals surface area contributed by atoms with Crippen LogP contribution in [-0.4, -0.2) is 24.7 Å². The van der Waals surface area contributed by atoms with Crippen molar-refractivity contribution >= 4 is 29.0 Å². The number of methoxy groups -OCH3 is 1. The molecule has 20 heavy (non-hydrogen) atoms. The van der Waals surface area contributed by atoms with E-state index in [9.17, 15) is 13.6 Å². The average molecular weight is 303 g/mol. The monoisotopic (exact) mass is 303 g/mol. The number of hydrogen-bond donors (Lipinski definition) is 3. The van der Waals surface area contributed by atoms with Gasteiger partial charge in [0.1, 0.15) is 5.82 Å². The zero-order valence-corrected chi connectivity index (χ0v) is 11.7. The highest BCUT2D eigenvalue weighted by atomic mass is 32.1. The first-order chi connectivity index (χ1) is 9.52. The molecule has 0 saturated carbocycles. The molecule has 0 amide bonds. The molecule has 0 fully saturated rings. The first-order valence-corrected chi connectivity index (χ1v) is 6.25. The predicted octanol–water partition coefficient (Wildman–Crippen LogP) is 1.71. The number of hydrazine groups is 1. The van der Waals surface area contributed by atoms with Gasteiger partial charge in [-0.05, 0) is 30.8 Å². The van der Waals surface area contributed by atoms with Crippen LogP contribution in [0.4, 0.5) is 14.5 Å². The Morgan fingerprint density at radius 1 is 1.40 bits per heavy atom. The Labute approximate surface area is 120 Å². The summed E-state index contributed by atoms with van der Waals surface area (Å²) in [4.78, 5) is 10.8. The van der Waals surface area contributed by atoms with Gasteiger partial charge < -0.3 is 10.1 Å². The highest BCUT2D eigenvalue weighted by Gasteiger charge is 2.04. The molecule has 0 saturated heterocycles. The van der Waals surface area contributed by atoms with E-state index in [4.69, 9.17) is 12.2 Å². The Bertz CT molecular complexity index is 486. The molecule has 0 bridgehead atoms. The van der Waals surface area contributed by atoms with E-state index in [1.54, 1.807) is 0 Å². The highest BCUT2D eigenvalue weighted by molar-refractivity contribution is 7.80. The molecule has 0 aliphatic carbocycles. The maximum absolute atomic E-state index is 13.3. The van der Waals surface area contributed by atoms with Crippen molar-refractivity contribution in [2.45, 2.75) is 12.8 Å². The van der Waals surface area contributed by atoms with Crippen molar-refractivity contribution in [1.82, 2.24) is 10.7 Å². The fraction of sp³-hybridized carbons (Fsp3) is 0.333. The normalized spacial score (nSPS) is 9.75. The van der Waals surface area contributed by atoms with Gasteiger partial charge in [0.05, 0.1) is 12.8 Å². The highest BCUT2D eigenvalue weighted by Crippen LogP contribution is 2.13. The summed E-state index contributed by atoms with van der Waals surface area (Å²) in [6.45, 7) is 0.467. The molecule has 0 spiro atoms. The van der Waals surface area contributed by atoms with Crippen LogP contribution in [0.5, 0.6) is 0 Å². The topological polar surface area (TPSA) is 62.4 Å². The lowest BCUT2D eigenvalue weighted by atomic mass is 10.3. The van der Waals surface area contributed by atoms with E-state index in [0.29, 0.717) is 13.0 Å². The molecule has 0 radical (unpaired) electrons. The molecule has 5 nitrogen and oxygen atoms in total. The first-order valence-electron chi connectivity index (χ1n) is 5.84. The molecule has 0 aromatic heterocycles. The summed E-state index contributed by atoms with van der Waals surface area (Å²) in [5.74, 6) is -1.68. The number of rotatable bonds is 6. The Kier molecular flexibility index (Phi) is 6.65. The SMILES string of the molecule is COC(=O)CCCNC(=S)NNc1ccc(F)cc1F. The van der Waals surface area contributed by atoms with E-state index in [0.717, 1.165) is 12.1 Å². The number of hydrogen-bond acceptors (Lipinski definition) is 4. The van der Waals surface area contributed by atoms with E-state index in [2.05, 4.69) is 20.9 Å². The number of nitrogens with one attached hydrogen (secondary N) is 3. The second kappa shape index (κ2) is 8.26. The molecule has 110 valence electrons. The number of carbonyl (C=O) groups is 1. The lowest BCUT2D eigenvalue weighted by Crippen LogP contribution is -2.39. The Hall–Kier alpha value is -1.96. The molecule has 0 heterocycles. The number of ether oxygens (including phenoxy) is 1. The van der Waals surface area contributed by atoms with Crippen molar-refractivity contribution in [3.63, 3.8) is 0 Å². The number of thiocarbonyl (C=S) groups is 1. The minimum Gasteiger partial charge on any atom is -0.469 e. The zero-order valence-electron chi connectivity index (χ0n) is 10.8. The fourth-order valence-electron chi connectivity index (χ4n) is 1.30. The molecule has 0 aliphatic heterocycles. The van der Waals surface area contributed by atoms with Gasteiger partial charge in [0.15, 0.2) is 10.9 Å². The van der Waals surface area contributed by atoms with Crippen molar-refractivity contribution in [1.29, 1.82) is 0 Å². The van der Waals surface area contributed by atoms with Gasteiger partial charge in [0.2, 0.25) is 0 Å². The van der Waals surface area contributed by atoms with Gasteiger partial charge in [-0.15, -0.1) is 0 Å². The summed E-state index contributed by atoms with van der Waals surface area (Å²) in [6, 6.07) is 3.13. The lowest BCUT2D eigenvalue weighted by molar-refractivity contribution is -0.140. The molecule has 1 aromatic rings. The smallest absolute Gasteiger partial charge is 0.305 e. The third kappa shape index (κ3) is 5.79. The molecule has 8 heteroatoms. The summed E-state index contributed by atoms with van der Waals surface area (Å²) in [7, 11) is 1.32. The molecular formula is C12H15F2N3O2S. The van der Waals surface area contributed by atoms with Gasteiger partial charge >= 0.3 is 5.97 Å². The molecule has 1 rings (SSSR count). The molecule has 0 unspecified atom stereocenters. The van der Waals surface area contributed by atoms with E-state index in [1.165, 1.54) is 13.2 Å². The largest absolute Gasteiger partial charge is 0.469 e. The van der Waals surface area contributed by atoms with Gasteiger partial charge in [0, 0.05) is 19.0 Å². The van der Waals surface area contributed by atoms with Crippen molar-refractivity contribution in [2.24, 2.45) is 0 Å². The number of carbonyl (C=O) groups excluding carboxylic acids is 1. The van der Waals surface area contributed by atoms with Crippen LogP contribution in [0.1, 0.15) is 12.8 Å². The summed E-state index contributed by atoms with van der Waals surface area (Å²) < 4.78 is 30.4. The van der Waals surface area contributed by atoms with Gasteiger partial charge in [-0.25, -0.2) is 8.78 Å². The summed E-state index contributed by atoms with van der Waals surface area (Å²) in [5, 5.41) is 3.05. The van der Waals surface area contributed by atoms with Crippen molar-refractivity contribution < 1.29 is 18.3 Å². The standard InChI is InChI=1S/C12H15F2N3O2S/c1-19-11(18)3-2-6-15-12(20)17-16-10-5-4-8(13)7-9(10)14/h4-5,7,16H,2-3,6H2,1H3,(H2,15,17,20). The second-order valence-corrected chi connectivity index (χ2v) is 4.22. The predicted molar refractivity (Wildman–Crippen MR) is 75.0 cm³/mol. The number of benzene rings is 1. The van der Waals surface area contributed by atoms with E-state index >= 15 is 0 Å². The number of halogens is 2. The van der Waals surface area contributed by atoms with Gasteiger partial charge in [-0.1, -0.05) is 0 Å². The minimum atomic E-state index is -0.731. The third-order valence-corrected chi connectivity index (χ3v) is 2.56. The third-order valence-electron chi connectivity index (χ3n) is 2.31. The summed E-state index contributed by atoms with van der Waals surface area (Å²) in [5.41, 5.74) is 5.14.